The van der Waals surface area contributed by atoms with Crippen molar-refractivity contribution in [3.8, 4) is 11.1 Å². The van der Waals surface area contributed by atoms with E-state index in [0.717, 1.165) is 22.4 Å². The Morgan fingerprint density at radius 3 is 2.60 bits per heavy atom. The lowest BCUT2D eigenvalue weighted by Crippen LogP contribution is -2.13. The van der Waals surface area contributed by atoms with Gasteiger partial charge in [-0.05, 0) is 41.5 Å². The largest absolute Gasteiger partial charge is 0.381 e. The molecule has 1 heterocycles. The summed E-state index contributed by atoms with van der Waals surface area (Å²) in [7, 11) is 0. The molecule has 0 fully saturated rings. The minimum absolute atomic E-state index is 0.594. The normalized spacial score (nSPS) is 10.3. The van der Waals surface area contributed by atoms with Crippen LogP contribution in [0, 0.1) is 0 Å². The van der Waals surface area contributed by atoms with Gasteiger partial charge in [0.25, 0.3) is 5.91 Å². The van der Waals surface area contributed by atoms with Gasteiger partial charge in [-0.25, -0.2) is 4.39 Å². The van der Waals surface area contributed by atoms with Crippen molar-refractivity contribution in [1.29, 1.82) is 0 Å². The van der Waals surface area contributed by atoms with Crippen LogP contribution in [0.25, 0.3) is 11.1 Å². The molecular formula is C20H18FN3O. The van der Waals surface area contributed by atoms with Crippen molar-refractivity contribution in [1.82, 2.24) is 4.98 Å². The zero-order valence-electron chi connectivity index (χ0n) is 13.6. The number of rotatable bonds is 6. The molecule has 0 radical (unpaired) electrons. The highest BCUT2D eigenvalue weighted by molar-refractivity contribution is 5.96. The van der Waals surface area contributed by atoms with Crippen LogP contribution < -0.4 is 10.6 Å². The average molecular weight is 335 g/mol. The van der Waals surface area contributed by atoms with Crippen molar-refractivity contribution in [2.75, 3.05) is 17.3 Å². The number of hydrogen-bond acceptors (Lipinski definition) is 3. The monoisotopic (exact) mass is 335 g/mol. The molecule has 0 unspecified atom stereocenters. The number of halogens is 1. The molecule has 2 aromatic carbocycles. The lowest BCUT2D eigenvalue weighted by Gasteiger charge is -2.12. The number of carbonyl (C=O) groups is 1. The minimum Gasteiger partial charge on any atom is -0.381 e. The molecule has 0 atom stereocenters. The van der Waals surface area contributed by atoms with E-state index in [0.29, 0.717) is 12.2 Å². The summed E-state index contributed by atoms with van der Waals surface area (Å²) in [6.07, 6.45) is 3.52. The van der Waals surface area contributed by atoms with Crippen LogP contribution in [-0.2, 0) is 11.3 Å². The summed E-state index contributed by atoms with van der Waals surface area (Å²) in [5, 5.41) is 5.96. The van der Waals surface area contributed by atoms with E-state index in [9.17, 15) is 9.18 Å². The predicted molar refractivity (Wildman–Crippen MR) is 98.0 cm³/mol. The van der Waals surface area contributed by atoms with Gasteiger partial charge < -0.3 is 10.6 Å². The molecule has 0 saturated heterocycles. The maximum atomic E-state index is 12.5. The first-order valence-corrected chi connectivity index (χ1v) is 7.94. The molecule has 0 aliphatic heterocycles. The second-order valence-electron chi connectivity index (χ2n) is 5.52. The summed E-state index contributed by atoms with van der Waals surface area (Å²) in [6.45, 7) is -0.353. The summed E-state index contributed by atoms with van der Waals surface area (Å²) in [5.74, 6) is -0.653. The van der Waals surface area contributed by atoms with Gasteiger partial charge in [-0.2, -0.15) is 0 Å². The highest BCUT2D eigenvalue weighted by atomic mass is 19.1. The molecule has 0 aliphatic rings. The summed E-state index contributed by atoms with van der Waals surface area (Å²) >= 11 is 0. The zero-order chi connectivity index (χ0) is 17.5. The van der Waals surface area contributed by atoms with Crippen LogP contribution in [-0.4, -0.2) is 17.6 Å². The molecule has 4 nitrogen and oxygen atoms in total. The second-order valence-corrected chi connectivity index (χ2v) is 5.52. The van der Waals surface area contributed by atoms with E-state index < -0.39 is 12.6 Å². The van der Waals surface area contributed by atoms with Crippen LogP contribution in [0.2, 0.25) is 0 Å². The highest BCUT2D eigenvalue weighted by Crippen LogP contribution is 2.29. The predicted octanol–water partition coefficient (Wildman–Crippen LogP) is 4.27. The number of alkyl halides is 1. The summed E-state index contributed by atoms with van der Waals surface area (Å²) in [4.78, 5) is 15.4. The Morgan fingerprint density at radius 2 is 1.80 bits per heavy atom. The number of amides is 1. The lowest BCUT2D eigenvalue weighted by molar-refractivity contribution is -0.117. The van der Waals surface area contributed by atoms with Gasteiger partial charge >= 0.3 is 0 Å². The number of anilines is 2. The molecule has 0 saturated carbocycles. The van der Waals surface area contributed by atoms with Gasteiger partial charge in [0.05, 0.1) is 0 Å². The zero-order valence-corrected chi connectivity index (χ0v) is 13.6. The first-order chi connectivity index (χ1) is 12.3. The van der Waals surface area contributed by atoms with E-state index in [1.54, 1.807) is 18.5 Å². The standard InChI is InChI=1S/C20H18FN3O/c21-13-20(25)24-19-7-2-1-6-18(19)16-4-3-5-17(12-16)23-14-15-8-10-22-11-9-15/h1-12,23H,13-14H2,(H,24,25). The van der Waals surface area contributed by atoms with Crippen molar-refractivity contribution in [3.05, 3.63) is 78.6 Å². The molecule has 1 aromatic heterocycles. The molecule has 0 spiro atoms. The maximum Gasteiger partial charge on any atom is 0.255 e. The Balaban J connectivity index is 1.81. The third-order valence-corrected chi connectivity index (χ3v) is 3.74. The first kappa shape index (κ1) is 16.6. The Morgan fingerprint density at radius 1 is 1.00 bits per heavy atom. The van der Waals surface area contributed by atoms with Gasteiger partial charge in [0, 0.05) is 35.9 Å². The van der Waals surface area contributed by atoms with Gasteiger partial charge in [0.1, 0.15) is 0 Å². The van der Waals surface area contributed by atoms with Crippen molar-refractivity contribution in [3.63, 3.8) is 0 Å². The van der Waals surface area contributed by atoms with E-state index in [4.69, 9.17) is 0 Å². The van der Waals surface area contributed by atoms with E-state index >= 15 is 0 Å². The molecule has 1 amide bonds. The Hall–Kier alpha value is -3.21. The van der Waals surface area contributed by atoms with Crippen molar-refractivity contribution in [2.45, 2.75) is 6.54 Å². The van der Waals surface area contributed by atoms with Crippen molar-refractivity contribution < 1.29 is 9.18 Å². The van der Waals surface area contributed by atoms with E-state index in [-0.39, 0.29) is 0 Å². The minimum atomic E-state index is -1.04. The van der Waals surface area contributed by atoms with Crippen LogP contribution in [0.1, 0.15) is 5.56 Å². The van der Waals surface area contributed by atoms with Gasteiger partial charge in [-0.3, -0.25) is 9.78 Å². The van der Waals surface area contributed by atoms with E-state index in [1.165, 1.54) is 0 Å². The fourth-order valence-electron chi connectivity index (χ4n) is 2.53. The number of hydrogen-bond donors (Lipinski definition) is 2. The quantitative estimate of drug-likeness (QED) is 0.707. The molecular weight excluding hydrogens is 317 g/mol. The molecule has 25 heavy (non-hydrogen) atoms. The lowest BCUT2D eigenvalue weighted by atomic mass is 10.0. The Bertz CT molecular complexity index is 852. The SMILES string of the molecule is O=C(CF)Nc1ccccc1-c1cccc(NCc2ccncc2)c1. The molecule has 2 N–H and O–H groups in total. The van der Waals surface area contributed by atoms with E-state index in [2.05, 4.69) is 15.6 Å². The average Bonchev–Trinajstić information content (AvgIpc) is 2.68. The maximum absolute atomic E-state index is 12.5. The number of aromatic nitrogens is 1. The number of nitrogens with one attached hydrogen (secondary N) is 2. The van der Waals surface area contributed by atoms with Gasteiger partial charge in [0.2, 0.25) is 0 Å². The van der Waals surface area contributed by atoms with Crippen molar-refractivity contribution >= 4 is 17.3 Å². The fraction of sp³-hybridized carbons (Fsp3) is 0.100. The highest BCUT2D eigenvalue weighted by Gasteiger charge is 2.08. The summed E-state index contributed by atoms with van der Waals surface area (Å²) < 4.78 is 12.5. The third-order valence-electron chi connectivity index (χ3n) is 3.74. The molecule has 126 valence electrons. The second kappa shape index (κ2) is 8.06. The summed E-state index contributed by atoms with van der Waals surface area (Å²) in [6, 6.07) is 19.2. The number of pyridine rings is 1. The number of nitrogens with zero attached hydrogens (tertiary/aromatic N) is 1. The Kier molecular flexibility index (Phi) is 5.36. The molecule has 5 heteroatoms. The van der Waals surface area contributed by atoms with Crippen LogP contribution in [0.15, 0.2) is 73.1 Å². The molecule has 0 aliphatic carbocycles. The summed E-state index contributed by atoms with van der Waals surface area (Å²) in [5.41, 5.74) is 4.47. The van der Waals surface area contributed by atoms with Crippen LogP contribution in [0.4, 0.5) is 15.8 Å². The van der Waals surface area contributed by atoms with Gasteiger partial charge in [0.15, 0.2) is 6.67 Å². The van der Waals surface area contributed by atoms with E-state index in [1.807, 2.05) is 54.6 Å². The van der Waals surface area contributed by atoms with Gasteiger partial charge in [-0.1, -0.05) is 30.3 Å². The van der Waals surface area contributed by atoms with Crippen LogP contribution >= 0.6 is 0 Å². The molecule has 3 rings (SSSR count). The molecule has 3 aromatic rings. The Labute approximate surface area is 145 Å². The number of para-hydroxylation sites is 1. The fourth-order valence-corrected chi connectivity index (χ4v) is 2.53. The van der Waals surface area contributed by atoms with Crippen molar-refractivity contribution in [2.24, 2.45) is 0 Å². The molecule has 0 bridgehead atoms. The van der Waals surface area contributed by atoms with Gasteiger partial charge in [-0.15, -0.1) is 0 Å². The first-order valence-electron chi connectivity index (χ1n) is 7.94. The number of benzene rings is 2. The topological polar surface area (TPSA) is 54.0 Å². The number of carbonyl (C=O) groups excluding carboxylic acids is 1. The van der Waals surface area contributed by atoms with Crippen LogP contribution in [0.3, 0.4) is 0 Å². The smallest absolute Gasteiger partial charge is 0.255 e. The third kappa shape index (κ3) is 4.41. The van der Waals surface area contributed by atoms with Crippen LogP contribution in [0.5, 0.6) is 0 Å².